The van der Waals surface area contributed by atoms with Gasteiger partial charge in [-0.15, -0.1) is 11.3 Å². The molecule has 2 aromatic carbocycles. The highest BCUT2D eigenvalue weighted by atomic mass is 32.1. The molecule has 1 heterocycles. The van der Waals surface area contributed by atoms with Crippen LogP contribution < -0.4 is 9.64 Å². The normalized spacial score (nSPS) is 12.4. The van der Waals surface area contributed by atoms with Gasteiger partial charge in [-0.25, -0.2) is 23.5 Å². The predicted molar refractivity (Wildman–Crippen MR) is 116 cm³/mol. The van der Waals surface area contributed by atoms with Gasteiger partial charge in [0, 0.05) is 5.56 Å². The molecule has 9 heteroatoms. The zero-order valence-electron chi connectivity index (χ0n) is 17.5. The molecule has 0 fully saturated rings. The lowest BCUT2D eigenvalue weighted by Gasteiger charge is -2.20. The summed E-state index contributed by atoms with van der Waals surface area (Å²) in [4.78, 5) is 31.5. The Bertz CT molecular complexity index is 1170. The first-order valence-corrected chi connectivity index (χ1v) is 10.9. The van der Waals surface area contributed by atoms with Gasteiger partial charge in [-0.3, -0.25) is 4.79 Å². The fraction of sp³-hybridized carbons (Fsp3) is 0.261. The van der Waals surface area contributed by atoms with Crippen LogP contribution in [0.15, 0.2) is 36.4 Å². The largest absolute Gasteiger partial charge is 0.497 e. The van der Waals surface area contributed by atoms with Crippen molar-refractivity contribution in [1.82, 2.24) is 4.98 Å². The van der Waals surface area contributed by atoms with Crippen molar-refractivity contribution in [2.75, 3.05) is 18.6 Å². The van der Waals surface area contributed by atoms with E-state index in [0.717, 1.165) is 58.4 Å². The lowest BCUT2D eigenvalue weighted by atomic mass is 10.0. The minimum atomic E-state index is -1.17. The van der Waals surface area contributed by atoms with Crippen molar-refractivity contribution in [3.63, 3.8) is 0 Å². The minimum Gasteiger partial charge on any atom is -0.497 e. The number of carbonyl (C=O) groups excluding carboxylic acids is 2. The molecule has 32 heavy (non-hydrogen) atoms. The summed E-state index contributed by atoms with van der Waals surface area (Å²) < 4.78 is 39.2. The van der Waals surface area contributed by atoms with Gasteiger partial charge in [0.25, 0.3) is 5.91 Å². The maximum absolute atomic E-state index is 14.5. The van der Waals surface area contributed by atoms with Gasteiger partial charge in [0.2, 0.25) is 0 Å². The molecule has 0 atom stereocenters. The highest BCUT2D eigenvalue weighted by molar-refractivity contribution is 7.17. The van der Waals surface area contributed by atoms with Gasteiger partial charge in [0.1, 0.15) is 11.4 Å². The zero-order valence-corrected chi connectivity index (χ0v) is 18.3. The van der Waals surface area contributed by atoms with E-state index in [9.17, 15) is 18.4 Å². The van der Waals surface area contributed by atoms with Gasteiger partial charge < -0.3 is 9.47 Å². The molecular formula is C23H20F2N2O4S. The lowest BCUT2D eigenvalue weighted by Crippen LogP contribution is -2.38. The molecule has 0 aliphatic heterocycles. The van der Waals surface area contributed by atoms with E-state index < -0.39 is 29.3 Å². The predicted octanol–water partition coefficient (Wildman–Crippen LogP) is 5.39. The maximum Gasteiger partial charge on any atom is 0.421 e. The molecule has 6 nitrogen and oxygen atoms in total. The van der Waals surface area contributed by atoms with Crippen LogP contribution in [0.2, 0.25) is 0 Å². The number of rotatable bonds is 4. The first kappa shape index (κ1) is 21.9. The summed E-state index contributed by atoms with van der Waals surface area (Å²) in [6.07, 6.45) is 1.13. The average molecular weight is 458 g/mol. The van der Waals surface area contributed by atoms with E-state index in [2.05, 4.69) is 4.98 Å². The molecule has 3 aromatic rings. The summed E-state index contributed by atoms with van der Waals surface area (Å²) in [5.41, 5.74) is 1.90. The summed E-state index contributed by atoms with van der Waals surface area (Å²) in [5.74, 6) is -2.39. The molecule has 0 saturated carbocycles. The Kier molecular flexibility index (Phi) is 6.18. The third-order valence-electron chi connectivity index (χ3n) is 5.12. The molecule has 2 amide bonds. The van der Waals surface area contributed by atoms with Crippen molar-refractivity contribution < 1.29 is 27.8 Å². The van der Waals surface area contributed by atoms with Crippen molar-refractivity contribution in [3.8, 4) is 16.2 Å². The van der Waals surface area contributed by atoms with E-state index in [1.165, 1.54) is 6.92 Å². The van der Waals surface area contributed by atoms with Crippen LogP contribution in [-0.2, 0) is 17.6 Å². The third kappa shape index (κ3) is 3.95. The fourth-order valence-electron chi connectivity index (χ4n) is 3.64. The molecule has 1 aromatic heterocycles. The highest BCUT2D eigenvalue weighted by Gasteiger charge is 2.34. The molecule has 166 valence electrons. The van der Waals surface area contributed by atoms with Crippen LogP contribution in [0.25, 0.3) is 10.4 Å². The zero-order chi connectivity index (χ0) is 22.8. The summed E-state index contributed by atoms with van der Waals surface area (Å²) in [6.45, 7) is 1.47. The molecule has 0 radical (unpaired) electrons. The topological polar surface area (TPSA) is 68.7 Å². The molecular weight excluding hydrogens is 438 g/mol. The number of nitrogens with zero attached hydrogens (tertiary/aromatic N) is 2. The smallest absolute Gasteiger partial charge is 0.421 e. The van der Waals surface area contributed by atoms with Gasteiger partial charge in [-0.2, -0.15) is 0 Å². The maximum atomic E-state index is 14.5. The number of amides is 2. The molecule has 0 spiro atoms. The molecule has 1 aliphatic rings. The van der Waals surface area contributed by atoms with Gasteiger partial charge in [0.15, 0.2) is 16.6 Å². The first-order valence-electron chi connectivity index (χ1n) is 10.1. The number of thiazole rings is 1. The lowest BCUT2D eigenvalue weighted by molar-refractivity contribution is 0.0965. The Labute approximate surface area is 187 Å². The molecule has 0 saturated heterocycles. The number of para-hydroxylation sites is 1. The number of imide groups is 1. The number of hydrogen-bond donors (Lipinski definition) is 0. The second-order valence-electron chi connectivity index (χ2n) is 7.08. The van der Waals surface area contributed by atoms with Crippen molar-refractivity contribution in [2.24, 2.45) is 0 Å². The Hall–Kier alpha value is -3.33. The van der Waals surface area contributed by atoms with Gasteiger partial charge in [-0.1, -0.05) is 12.1 Å². The van der Waals surface area contributed by atoms with Crippen molar-refractivity contribution >= 4 is 29.0 Å². The Balaban J connectivity index is 1.81. The second-order valence-corrected chi connectivity index (χ2v) is 8.08. The van der Waals surface area contributed by atoms with Crippen LogP contribution in [0.4, 0.5) is 19.3 Å². The third-order valence-corrected chi connectivity index (χ3v) is 6.24. The van der Waals surface area contributed by atoms with Gasteiger partial charge in [0.05, 0.1) is 24.3 Å². The number of carbonyl (C=O) groups is 2. The number of fused-ring (bicyclic) bond motifs is 3. The van der Waals surface area contributed by atoms with Crippen molar-refractivity contribution in [1.29, 1.82) is 0 Å². The minimum absolute atomic E-state index is 0.0543. The summed E-state index contributed by atoms with van der Waals surface area (Å²) in [5, 5.41) is -0.0543. The standard InChI is InChI=1S/C23H20F2N2O4S/c1-3-31-23(29)27(19-16(24)7-5-8-17(19)25)22(28)21-26-18-9-4-6-13-10-11-14(30-2)12-15(13)20(18)32-21/h5,7-8,10-12H,3-4,6,9H2,1-2H3. The average Bonchev–Trinajstić information content (AvgIpc) is 3.13. The summed E-state index contributed by atoms with van der Waals surface area (Å²) in [7, 11) is 1.57. The summed E-state index contributed by atoms with van der Waals surface area (Å²) >= 11 is 1.08. The number of benzene rings is 2. The van der Waals surface area contributed by atoms with E-state index in [1.807, 2.05) is 18.2 Å². The van der Waals surface area contributed by atoms with E-state index in [4.69, 9.17) is 9.47 Å². The first-order chi connectivity index (χ1) is 15.4. The monoisotopic (exact) mass is 458 g/mol. The van der Waals surface area contributed by atoms with Crippen LogP contribution >= 0.6 is 11.3 Å². The number of methoxy groups -OCH3 is 1. The van der Waals surface area contributed by atoms with E-state index in [1.54, 1.807) is 7.11 Å². The van der Waals surface area contributed by atoms with E-state index >= 15 is 0 Å². The SMILES string of the molecule is CCOC(=O)N(C(=O)c1nc2c(s1)-c1cc(OC)ccc1CCC2)c1c(F)cccc1F. The van der Waals surface area contributed by atoms with Crippen molar-refractivity contribution in [2.45, 2.75) is 26.2 Å². The quantitative estimate of drug-likeness (QED) is 0.524. The number of anilines is 1. The van der Waals surface area contributed by atoms with E-state index in [-0.39, 0.29) is 11.6 Å². The Morgan fingerprint density at radius 1 is 1.16 bits per heavy atom. The number of ether oxygens (including phenoxy) is 2. The van der Waals surface area contributed by atoms with E-state index in [0.29, 0.717) is 22.8 Å². The molecule has 0 unspecified atom stereocenters. The highest BCUT2D eigenvalue weighted by Crippen LogP contribution is 2.39. The Morgan fingerprint density at radius 2 is 1.91 bits per heavy atom. The van der Waals surface area contributed by atoms with Gasteiger partial charge >= 0.3 is 6.09 Å². The Morgan fingerprint density at radius 3 is 2.59 bits per heavy atom. The van der Waals surface area contributed by atoms with Crippen LogP contribution in [-0.4, -0.2) is 30.7 Å². The molecule has 4 rings (SSSR count). The van der Waals surface area contributed by atoms with Crippen LogP contribution in [0, 0.1) is 11.6 Å². The fourth-order valence-corrected chi connectivity index (χ4v) is 4.74. The number of halogens is 2. The molecule has 0 N–H and O–H groups in total. The second kappa shape index (κ2) is 9.04. The van der Waals surface area contributed by atoms with Crippen LogP contribution in [0.1, 0.15) is 34.4 Å². The van der Waals surface area contributed by atoms with Crippen LogP contribution in [0.5, 0.6) is 5.75 Å². The number of hydrogen-bond acceptors (Lipinski definition) is 6. The molecule has 0 bridgehead atoms. The van der Waals surface area contributed by atoms with Gasteiger partial charge in [-0.05, 0) is 56.0 Å². The summed E-state index contributed by atoms with van der Waals surface area (Å²) in [6, 6.07) is 8.82. The number of aryl methyl sites for hydroxylation is 2. The van der Waals surface area contributed by atoms with Crippen molar-refractivity contribution in [3.05, 3.63) is 64.3 Å². The molecule has 1 aliphatic carbocycles. The van der Waals surface area contributed by atoms with Crippen LogP contribution in [0.3, 0.4) is 0 Å². The number of aromatic nitrogens is 1.